The molecule has 1 rings (SSSR count). The Morgan fingerprint density at radius 2 is 2.25 bits per heavy atom. The van der Waals surface area contributed by atoms with E-state index in [-0.39, 0.29) is 0 Å². The molecule has 0 bridgehead atoms. The van der Waals surface area contributed by atoms with E-state index >= 15 is 0 Å². The Morgan fingerprint density at radius 1 is 1.50 bits per heavy atom. The molecule has 1 atom stereocenters. The molecule has 0 radical (unpaired) electrons. The first-order valence-electron chi connectivity index (χ1n) is 3.89. The summed E-state index contributed by atoms with van der Waals surface area (Å²) in [5.41, 5.74) is 6.42. The monoisotopic (exact) mass is 183 g/mol. The molecular weight excluding hydrogens is 170 g/mol. The number of rotatable bonds is 3. The number of nitrogens with two attached hydrogens (primary N) is 1. The Bertz CT molecular complexity index is 235. The molecule has 1 unspecified atom stereocenters. The first-order valence-corrected chi connectivity index (χ1v) is 4.77. The lowest BCUT2D eigenvalue weighted by molar-refractivity contribution is 0.882. The van der Waals surface area contributed by atoms with Crippen LogP contribution in [0.25, 0.3) is 0 Å². The van der Waals surface area contributed by atoms with E-state index in [1.807, 2.05) is 19.1 Å². The molecule has 0 amide bonds. The van der Waals surface area contributed by atoms with Gasteiger partial charge in [0.05, 0.1) is 5.69 Å². The van der Waals surface area contributed by atoms with Gasteiger partial charge in [0.25, 0.3) is 0 Å². The second kappa shape index (κ2) is 4.42. The van der Waals surface area contributed by atoms with Crippen molar-refractivity contribution in [1.82, 2.24) is 10.2 Å². The van der Waals surface area contributed by atoms with Crippen LogP contribution in [0.2, 0.25) is 0 Å². The minimum absolute atomic E-state index is 0.405. The molecule has 0 spiro atoms. The summed E-state index contributed by atoms with van der Waals surface area (Å²) in [7, 11) is 0. The summed E-state index contributed by atoms with van der Waals surface area (Å²) in [5.74, 6) is 0. The maximum Gasteiger partial charge on any atom is 0.119 e. The predicted molar refractivity (Wildman–Crippen MR) is 51.1 cm³/mol. The van der Waals surface area contributed by atoms with Crippen LogP contribution in [0.3, 0.4) is 0 Å². The lowest BCUT2D eigenvalue weighted by Crippen LogP contribution is -2.12. The van der Waals surface area contributed by atoms with E-state index in [1.165, 1.54) is 0 Å². The van der Waals surface area contributed by atoms with Gasteiger partial charge in [0.1, 0.15) is 5.03 Å². The second-order valence-electron chi connectivity index (χ2n) is 2.68. The number of hydrogen-bond acceptors (Lipinski definition) is 4. The Balaban J connectivity index is 2.58. The minimum Gasteiger partial charge on any atom is -0.329 e. The van der Waals surface area contributed by atoms with Gasteiger partial charge in [-0.05, 0) is 19.1 Å². The summed E-state index contributed by atoms with van der Waals surface area (Å²) >= 11 is 1.65. The zero-order valence-corrected chi connectivity index (χ0v) is 8.14. The van der Waals surface area contributed by atoms with Crippen LogP contribution in [0.5, 0.6) is 0 Å². The van der Waals surface area contributed by atoms with Crippen LogP contribution in [0, 0.1) is 6.92 Å². The highest BCUT2D eigenvalue weighted by molar-refractivity contribution is 7.99. The van der Waals surface area contributed by atoms with Crippen LogP contribution >= 0.6 is 11.8 Å². The quantitative estimate of drug-likeness (QED) is 0.716. The third-order valence-electron chi connectivity index (χ3n) is 1.43. The van der Waals surface area contributed by atoms with Gasteiger partial charge in [-0.2, -0.15) is 5.10 Å². The zero-order chi connectivity index (χ0) is 8.97. The van der Waals surface area contributed by atoms with Crippen molar-refractivity contribution in [1.29, 1.82) is 0 Å². The second-order valence-corrected chi connectivity index (χ2v) is 4.14. The lowest BCUT2D eigenvalue weighted by atomic mass is 10.4. The van der Waals surface area contributed by atoms with Crippen LogP contribution in [0.4, 0.5) is 0 Å². The van der Waals surface area contributed by atoms with Crippen LogP contribution in [-0.2, 0) is 0 Å². The van der Waals surface area contributed by atoms with Crippen LogP contribution in [-0.4, -0.2) is 22.0 Å². The molecular formula is C8H13N3S. The number of thioether (sulfide) groups is 1. The molecule has 0 aliphatic carbocycles. The maximum absolute atomic E-state index is 5.48. The van der Waals surface area contributed by atoms with Crippen molar-refractivity contribution in [3.63, 3.8) is 0 Å². The smallest absolute Gasteiger partial charge is 0.119 e. The van der Waals surface area contributed by atoms with E-state index in [0.29, 0.717) is 11.8 Å². The van der Waals surface area contributed by atoms with Gasteiger partial charge in [0.15, 0.2) is 0 Å². The highest BCUT2D eigenvalue weighted by atomic mass is 32.2. The SMILES string of the molecule is Cc1ccc(SC(C)CN)nn1. The predicted octanol–water partition coefficient (Wildman–Crippen LogP) is 1.22. The molecule has 0 aromatic carbocycles. The molecule has 1 heterocycles. The van der Waals surface area contributed by atoms with E-state index in [4.69, 9.17) is 5.73 Å². The normalized spacial score (nSPS) is 12.9. The maximum atomic E-state index is 5.48. The fraction of sp³-hybridized carbons (Fsp3) is 0.500. The van der Waals surface area contributed by atoms with E-state index in [1.54, 1.807) is 11.8 Å². The molecule has 1 aromatic rings. The molecule has 0 saturated carbocycles. The third-order valence-corrected chi connectivity index (χ3v) is 2.48. The minimum atomic E-state index is 0.405. The first-order chi connectivity index (χ1) is 5.72. The molecule has 4 heteroatoms. The van der Waals surface area contributed by atoms with Gasteiger partial charge in [0, 0.05) is 11.8 Å². The van der Waals surface area contributed by atoms with Crippen molar-refractivity contribution in [2.75, 3.05) is 6.54 Å². The molecule has 0 saturated heterocycles. The summed E-state index contributed by atoms with van der Waals surface area (Å²) in [6.45, 7) is 4.67. The summed E-state index contributed by atoms with van der Waals surface area (Å²) in [6, 6.07) is 3.93. The summed E-state index contributed by atoms with van der Waals surface area (Å²) in [6.07, 6.45) is 0. The van der Waals surface area contributed by atoms with Crippen molar-refractivity contribution < 1.29 is 0 Å². The Kier molecular flexibility index (Phi) is 3.49. The number of aromatic nitrogens is 2. The number of nitrogens with zero attached hydrogens (tertiary/aromatic N) is 2. The average molecular weight is 183 g/mol. The largest absolute Gasteiger partial charge is 0.329 e. The van der Waals surface area contributed by atoms with E-state index in [0.717, 1.165) is 10.7 Å². The van der Waals surface area contributed by atoms with Crippen molar-refractivity contribution >= 4 is 11.8 Å². The number of aryl methyl sites for hydroxylation is 1. The molecule has 3 nitrogen and oxygen atoms in total. The molecule has 0 aliphatic rings. The number of hydrogen-bond donors (Lipinski definition) is 1. The van der Waals surface area contributed by atoms with Gasteiger partial charge in [0.2, 0.25) is 0 Å². The fourth-order valence-corrected chi connectivity index (χ4v) is 1.45. The van der Waals surface area contributed by atoms with Crippen LogP contribution in [0.15, 0.2) is 17.2 Å². The summed E-state index contributed by atoms with van der Waals surface area (Å²) in [5, 5.41) is 9.33. The van der Waals surface area contributed by atoms with E-state index in [2.05, 4.69) is 17.1 Å². The van der Waals surface area contributed by atoms with Gasteiger partial charge in [-0.25, -0.2) is 0 Å². The highest BCUT2D eigenvalue weighted by Crippen LogP contribution is 2.18. The van der Waals surface area contributed by atoms with Gasteiger partial charge in [-0.1, -0.05) is 6.92 Å². The van der Waals surface area contributed by atoms with Gasteiger partial charge in [-0.3, -0.25) is 0 Å². The van der Waals surface area contributed by atoms with Gasteiger partial charge < -0.3 is 5.73 Å². The fourth-order valence-electron chi connectivity index (χ4n) is 0.704. The molecule has 66 valence electrons. The van der Waals surface area contributed by atoms with Crippen molar-refractivity contribution in [2.24, 2.45) is 5.73 Å². The van der Waals surface area contributed by atoms with Crippen molar-refractivity contribution in [2.45, 2.75) is 24.1 Å². The zero-order valence-electron chi connectivity index (χ0n) is 7.32. The van der Waals surface area contributed by atoms with Gasteiger partial charge >= 0.3 is 0 Å². The molecule has 0 aliphatic heterocycles. The van der Waals surface area contributed by atoms with E-state index in [9.17, 15) is 0 Å². The van der Waals surface area contributed by atoms with Crippen molar-refractivity contribution in [3.05, 3.63) is 17.8 Å². The summed E-state index contributed by atoms with van der Waals surface area (Å²) < 4.78 is 0. The standard InChI is InChI=1S/C8H13N3S/c1-6-3-4-8(11-10-6)12-7(2)5-9/h3-4,7H,5,9H2,1-2H3. The third kappa shape index (κ3) is 2.79. The van der Waals surface area contributed by atoms with Gasteiger partial charge in [-0.15, -0.1) is 16.9 Å². The molecule has 12 heavy (non-hydrogen) atoms. The van der Waals surface area contributed by atoms with Crippen molar-refractivity contribution in [3.8, 4) is 0 Å². The summed E-state index contributed by atoms with van der Waals surface area (Å²) in [4.78, 5) is 0. The molecule has 1 aromatic heterocycles. The Labute approximate surface area is 76.8 Å². The van der Waals surface area contributed by atoms with Crippen LogP contribution in [0.1, 0.15) is 12.6 Å². The molecule has 0 fully saturated rings. The lowest BCUT2D eigenvalue weighted by Gasteiger charge is -2.05. The first kappa shape index (κ1) is 9.48. The average Bonchev–Trinajstić information content (AvgIpc) is 2.09. The topological polar surface area (TPSA) is 51.8 Å². The van der Waals surface area contributed by atoms with Crippen LogP contribution < -0.4 is 5.73 Å². The Morgan fingerprint density at radius 3 is 2.75 bits per heavy atom. The Hall–Kier alpha value is -0.610. The highest BCUT2D eigenvalue weighted by Gasteiger charge is 2.02. The van der Waals surface area contributed by atoms with E-state index < -0.39 is 0 Å². The molecule has 2 N–H and O–H groups in total.